The molecule has 2 heterocycles. The maximum atomic E-state index is 12.6. The van der Waals surface area contributed by atoms with Gasteiger partial charge in [0.2, 0.25) is 18.3 Å². The highest BCUT2D eigenvalue weighted by molar-refractivity contribution is 5.80. The summed E-state index contributed by atoms with van der Waals surface area (Å²) in [5.74, 6) is 0.249. The molecule has 0 spiro atoms. The number of amides is 2. The molecule has 3 N–H and O–H groups in total. The van der Waals surface area contributed by atoms with Crippen molar-refractivity contribution < 1.29 is 19.5 Å². The fraction of sp³-hybridized carbons (Fsp3) is 0.684. The first-order valence-corrected chi connectivity index (χ1v) is 10.2. The predicted octanol–water partition coefficient (Wildman–Crippen LogP) is 1.36. The minimum atomic E-state index is -0.530. The molecule has 1 aromatic rings. The zero-order valence-corrected chi connectivity index (χ0v) is 17.3. The number of hydroxylamine groups is 2. The van der Waals surface area contributed by atoms with Gasteiger partial charge in [0.1, 0.15) is 5.82 Å². The highest BCUT2D eigenvalue weighted by atomic mass is 16.5. The standard InChI is InChI=1S/C19H32N6O4/c1-3-5-6-7-15(13-25(28)14-26)18(27)22-23-19-20-16(4-2)12-17(21-19)24-8-10-29-11-9-24/h12,14-15,28H,3-11,13H2,1-2H3,(H,22,27)(H,20,21,23)/t15-/m1/s1. The summed E-state index contributed by atoms with van der Waals surface area (Å²) < 4.78 is 5.39. The fourth-order valence-electron chi connectivity index (χ4n) is 3.11. The van der Waals surface area contributed by atoms with Crippen molar-refractivity contribution in [2.45, 2.75) is 46.0 Å². The monoisotopic (exact) mass is 408 g/mol. The molecule has 0 unspecified atom stereocenters. The van der Waals surface area contributed by atoms with E-state index in [-0.39, 0.29) is 12.5 Å². The van der Waals surface area contributed by atoms with E-state index < -0.39 is 5.92 Å². The predicted molar refractivity (Wildman–Crippen MR) is 108 cm³/mol. The smallest absolute Gasteiger partial charge is 0.243 e. The second-order valence-corrected chi connectivity index (χ2v) is 7.03. The van der Waals surface area contributed by atoms with Gasteiger partial charge in [-0.05, 0) is 12.8 Å². The van der Waals surface area contributed by atoms with Crippen LogP contribution in [0, 0.1) is 5.92 Å². The van der Waals surface area contributed by atoms with Gasteiger partial charge in [0.25, 0.3) is 0 Å². The molecule has 0 bridgehead atoms. The summed E-state index contributed by atoms with van der Waals surface area (Å²) in [7, 11) is 0. The van der Waals surface area contributed by atoms with Gasteiger partial charge < -0.3 is 9.64 Å². The van der Waals surface area contributed by atoms with Crippen LogP contribution in [0.2, 0.25) is 0 Å². The van der Waals surface area contributed by atoms with Crippen molar-refractivity contribution in [3.63, 3.8) is 0 Å². The minimum absolute atomic E-state index is 0.0599. The number of aryl methyl sites for hydroxylation is 1. The van der Waals surface area contributed by atoms with Crippen LogP contribution in [0.3, 0.4) is 0 Å². The molecule has 162 valence electrons. The van der Waals surface area contributed by atoms with Crippen LogP contribution in [0.5, 0.6) is 0 Å². The normalized spacial score (nSPS) is 14.9. The van der Waals surface area contributed by atoms with Crippen LogP contribution in [0.15, 0.2) is 6.07 Å². The number of morpholine rings is 1. The highest BCUT2D eigenvalue weighted by Crippen LogP contribution is 2.17. The maximum absolute atomic E-state index is 12.6. The lowest BCUT2D eigenvalue weighted by molar-refractivity contribution is -0.154. The molecule has 29 heavy (non-hydrogen) atoms. The number of nitrogens with zero attached hydrogens (tertiary/aromatic N) is 4. The average Bonchev–Trinajstić information content (AvgIpc) is 2.77. The molecule has 0 saturated carbocycles. The van der Waals surface area contributed by atoms with Crippen molar-refractivity contribution >= 4 is 24.1 Å². The molecule has 0 radical (unpaired) electrons. The Morgan fingerprint density at radius 3 is 2.76 bits per heavy atom. The number of anilines is 2. The number of aromatic nitrogens is 2. The van der Waals surface area contributed by atoms with Crippen LogP contribution in [-0.2, 0) is 20.7 Å². The quantitative estimate of drug-likeness (QED) is 0.205. The number of carbonyl (C=O) groups excluding carboxylic acids is 2. The maximum Gasteiger partial charge on any atom is 0.243 e. The number of ether oxygens (including phenoxy) is 1. The number of hydrazine groups is 1. The van der Waals surface area contributed by atoms with E-state index in [1.165, 1.54) is 0 Å². The summed E-state index contributed by atoms with van der Waals surface area (Å²) in [5.41, 5.74) is 6.28. The van der Waals surface area contributed by atoms with E-state index >= 15 is 0 Å². The van der Waals surface area contributed by atoms with Gasteiger partial charge >= 0.3 is 0 Å². The Balaban J connectivity index is 2.02. The van der Waals surface area contributed by atoms with Crippen LogP contribution < -0.4 is 15.8 Å². The first-order chi connectivity index (χ1) is 14.1. The van der Waals surface area contributed by atoms with E-state index in [9.17, 15) is 14.8 Å². The van der Waals surface area contributed by atoms with Gasteiger partial charge in [0.05, 0.1) is 25.7 Å². The number of unbranched alkanes of at least 4 members (excludes halogenated alkanes) is 2. The summed E-state index contributed by atoms with van der Waals surface area (Å²) in [6.07, 6.45) is 4.45. The summed E-state index contributed by atoms with van der Waals surface area (Å²) >= 11 is 0. The van der Waals surface area contributed by atoms with Crippen molar-refractivity contribution in [1.29, 1.82) is 0 Å². The van der Waals surface area contributed by atoms with Gasteiger partial charge in [-0.25, -0.2) is 10.0 Å². The molecule has 1 aliphatic rings. The summed E-state index contributed by atoms with van der Waals surface area (Å²) in [6, 6.07) is 1.94. The number of hydrogen-bond donors (Lipinski definition) is 3. The van der Waals surface area contributed by atoms with E-state index in [1.807, 2.05) is 13.0 Å². The number of rotatable bonds is 12. The summed E-state index contributed by atoms with van der Waals surface area (Å²) in [5, 5.41) is 9.99. The van der Waals surface area contributed by atoms with Gasteiger partial charge in [0, 0.05) is 24.8 Å². The molecular formula is C19H32N6O4. The van der Waals surface area contributed by atoms with Crippen molar-refractivity contribution in [3.8, 4) is 0 Å². The Labute approximate surface area is 171 Å². The average molecular weight is 409 g/mol. The van der Waals surface area contributed by atoms with Crippen molar-refractivity contribution in [2.75, 3.05) is 43.2 Å². The molecule has 1 saturated heterocycles. The van der Waals surface area contributed by atoms with E-state index in [1.54, 1.807) is 0 Å². The third-order valence-electron chi connectivity index (χ3n) is 4.82. The second-order valence-electron chi connectivity index (χ2n) is 7.03. The van der Waals surface area contributed by atoms with Crippen LogP contribution in [0.4, 0.5) is 11.8 Å². The van der Waals surface area contributed by atoms with Gasteiger partial charge in [0.15, 0.2) is 0 Å². The fourth-order valence-corrected chi connectivity index (χ4v) is 3.11. The Bertz CT molecular complexity index is 654. The Hall–Kier alpha value is -2.46. The first kappa shape index (κ1) is 22.8. The first-order valence-electron chi connectivity index (χ1n) is 10.2. The van der Waals surface area contributed by atoms with Gasteiger partial charge in [-0.2, -0.15) is 4.98 Å². The van der Waals surface area contributed by atoms with Crippen molar-refractivity contribution in [2.24, 2.45) is 5.92 Å². The Morgan fingerprint density at radius 1 is 1.34 bits per heavy atom. The van der Waals surface area contributed by atoms with Gasteiger partial charge in [-0.3, -0.25) is 25.6 Å². The molecule has 2 amide bonds. The molecule has 0 aliphatic carbocycles. The van der Waals surface area contributed by atoms with Crippen molar-refractivity contribution in [3.05, 3.63) is 11.8 Å². The zero-order valence-electron chi connectivity index (χ0n) is 17.3. The van der Waals surface area contributed by atoms with E-state index in [0.29, 0.717) is 37.1 Å². The number of hydrogen-bond acceptors (Lipinski definition) is 8. The summed E-state index contributed by atoms with van der Waals surface area (Å²) in [4.78, 5) is 34.4. The number of carbonyl (C=O) groups is 2. The van der Waals surface area contributed by atoms with E-state index in [4.69, 9.17) is 4.74 Å². The molecule has 0 aromatic carbocycles. The zero-order chi connectivity index (χ0) is 21.1. The molecule has 1 atom stereocenters. The minimum Gasteiger partial charge on any atom is -0.378 e. The lowest BCUT2D eigenvalue weighted by Gasteiger charge is -2.28. The largest absolute Gasteiger partial charge is 0.378 e. The van der Waals surface area contributed by atoms with Crippen LogP contribution in [0.1, 0.15) is 45.2 Å². The topological polar surface area (TPSA) is 120 Å². The third-order valence-corrected chi connectivity index (χ3v) is 4.82. The SMILES string of the molecule is CCCCC[C@H](CN(O)C=O)C(=O)NNc1nc(CC)cc(N2CCOCC2)n1. The number of nitrogens with one attached hydrogen (secondary N) is 2. The molecule has 10 nitrogen and oxygen atoms in total. The summed E-state index contributed by atoms with van der Waals surface area (Å²) in [6.45, 7) is 6.83. The van der Waals surface area contributed by atoms with Gasteiger partial charge in [-0.15, -0.1) is 0 Å². The molecular weight excluding hydrogens is 376 g/mol. The van der Waals surface area contributed by atoms with E-state index in [2.05, 4.69) is 32.6 Å². The lowest BCUT2D eigenvalue weighted by Crippen LogP contribution is -2.41. The van der Waals surface area contributed by atoms with Gasteiger partial charge in [-0.1, -0.05) is 33.1 Å². The molecule has 1 fully saturated rings. The second kappa shape index (κ2) is 12.2. The highest BCUT2D eigenvalue weighted by Gasteiger charge is 2.21. The lowest BCUT2D eigenvalue weighted by atomic mass is 10.0. The van der Waals surface area contributed by atoms with Crippen LogP contribution in [-0.4, -0.2) is 65.4 Å². The van der Waals surface area contributed by atoms with Crippen LogP contribution in [0.25, 0.3) is 0 Å². The Kier molecular flexibility index (Phi) is 9.58. The van der Waals surface area contributed by atoms with Crippen LogP contribution >= 0.6 is 0 Å². The molecule has 1 aliphatic heterocycles. The molecule has 10 heteroatoms. The van der Waals surface area contributed by atoms with E-state index in [0.717, 1.165) is 50.3 Å². The Morgan fingerprint density at radius 2 is 2.10 bits per heavy atom. The molecule has 2 rings (SSSR count). The van der Waals surface area contributed by atoms with Crippen molar-refractivity contribution in [1.82, 2.24) is 20.5 Å². The molecule has 1 aromatic heterocycles. The third kappa shape index (κ3) is 7.47.